The van der Waals surface area contributed by atoms with Gasteiger partial charge in [0.05, 0.1) is 0 Å². The number of hydrogen-bond donors (Lipinski definition) is 1. The molecule has 0 aliphatic rings. The molecule has 3 heteroatoms. The minimum absolute atomic E-state index is 0. The summed E-state index contributed by atoms with van der Waals surface area (Å²) in [6.45, 7) is 0.322. The number of unbranched alkanes of at least 4 members (excludes halogenated alkanes) is 2. The normalized spacial score (nSPS) is 9.57. The fraction of sp³-hybridized carbons (Fsp3) is 0.455. The first-order valence-corrected chi connectivity index (χ1v) is 5.36. The zero-order valence-electron chi connectivity index (χ0n) is 8.45. The van der Waals surface area contributed by atoms with Gasteiger partial charge >= 0.3 is 0 Å². The van der Waals surface area contributed by atoms with Crippen LogP contribution >= 0.6 is 9.24 Å². The fourth-order valence-corrected chi connectivity index (χ4v) is 1.72. The van der Waals surface area contributed by atoms with Crippen LogP contribution in [0.25, 0.3) is 0 Å². The molecule has 0 amide bonds. The first kappa shape index (κ1) is 13.7. The number of hydrogen-bond acceptors (Lipinski definition) is 1. The van der Waals surface area contributed by atoms with Gasteiger partial charge < -0.3 is 5.11 Å². The van der Waals surface area contributed by atoms with Crippen molar-refractivity contribution < 1.29 is 5.11 Å². The van der Waals surface area contributed by atoms with E-state index in [0.717, 1.165) is 19.3 Å². The second-order valence-electron chi connectivity index (χ2n) is 3.23. The highest BCUT2D eigenvalue weighted by molar-refractivity contribution is 7.27. The summed E-state index contributed by atoms with van der Waals surface area (Å²) in [6.07, 6.45) is 4.35. The van der Waals surface area contributed by atoms with Crippen LogP contribution in [0.4, 0.5) is 0 Å². The number of rotatable bonds is 5. The van der Waals surface area contributed by atoms with E-state index in [4.69, 9.17) is 5.11 Å². The molecule has 0 aliphatic carbocycles. The van der Waals surface area contributed by atoms with Gasteiger partial charge in [-0.15, -0.1) is 9.24 Å². The Kier molecular flexibility index (Phi) is 7.84. The molecule has 0 saturated carbocycles. The highest BCUT2D eigenvalue weighted by atomic mass is 31.0. The molecule has 3 radical (unpaired) electrons. The molecule has 0 heterocycles. The van der Waals surface area contributed by atoms with Gasteiger partial charge in [0.25, 0.3) is 0 Å². The second kappa shape index (κ2) is 8.02. The lowest BCUT2D eigenvalue weighted by molar-refractivity contribution is 0.283. The summed E-state index contributed by atoms with van der Waals surface area (Å²) in [5.74, 6) is 0. The monoisotopic (exact) mass is 207 g/mol. The molecule has 0 bridgehead atoms. The molecule has 0 spiro atoms. The van der Waals surface area contributed by atoms with Crippen molar-refractivity contribution in [2.24, 2.45) is 0 Å². The standard InChI is InChI=1S/C11H17OP.B/c12-9-5-1-2-6-10-7-3-4-8-11(10)13;/h3-4,7-8,12H,1-2,5-6,9,13H2;. The Morgan fingerprint density at radius 2 is 1.79 bits per heavy atom. The van der Waals surface area contributed by atoms with Crippen LogP contribution in [0.15, 0.2) is 24.3 Å². The molecule has 1 rings (SSSR count). The summed E-state index contributed by atoms with van der Waals surface area (Å²) in [4.78, 5) is 0. The third-order valence-electron chi connectivity index (χ3n) is 2.16. The molecule has 75 valence electrons. The smallest absolute Gasteiger partial charge is 0.0431 e. The Morgan fingerprint density at radius 3 is 2.43 bits per heavy atom. The molecule has 1 aromatic carbocycles. The van der Waals surface area contributed by atoms with Crippen molar-refractivity contribution in [3.63, 3.8) is 0 Å². The molecule has 0 aromatic heterocycles. The molecular weight excluding hydrogens is 190 g/mol. The molecule has 1 N–H and O–H groups in total. The van der Waals surface area contributed by atoms with Gasteiger partial charge in [0.15, 0.2) is 0 Å². The lowest BCUT2D eigenvalue weighted by Crippen LogP contribution is -2.00. The molecule has 0 aliphatic heterocycles. The lowest BCUT2D eigenvalue weighted by atomic mass is 10.1. The van der Waals surface area contributed by atoms with Gasteiger partial charge in [0, 0.05) is 15.0 Å². The summed E-state index contributed by atoms with van der Waals surface area (Å²) >= 11 is 0. The van der Waals surface area contributed by atoms with Gasteiger partial charge in [-0.05, 0) is 30.1 Å². The summed E-state index contributed by atoms with van der Waals surface area (Å²) in [5.41, 5.74) is 1.41. The Bertz CT molecular complexity index is 253. The summed E-state index contributed by atoms with van der Waals surface area (Å²) in [5, 5.41) is 9.91. The van der Waals surface area contributed by atoms with Gasteiger partial charge in [0.1, 0.15) is 0 Å². The number of benzene rings is 1. The average Bonchev–Trinajstić information content (AvgIpc) is 2.15. The van der Waals surface area contributed by atoms with Crippen LogP contribution in [0.1, 0.15) is 24.8 Å². The quantitative estimate of drug-likeness (QED) is 0.440. The van der Waals surface area contributed by atoms with Gasteiger partial charge in [-0.25, -0.2) is 0 Å². The minimum Gasteiger partial charge on any atom is -0.396 e. The molecule has 1 unspecified atom stereocenters. The molecule has 1 aromatic rings. The zero-order chi connectivity index (χ0) is 9.52. The topological polar surface area (TPSA) is 20.2 Å². The summed E-state index contributed by atoms with van der Waals surface area (Å²) in [6, 6.07) is 8.42. The van der Waals surface area contributed by atoms with Crippen LogP contribution in [-0.2, 0) is 6.42 Å². The Morgan fingerprint density at radius 1 is 1.07 bits per heavy atom. The van der Waals surface area contributed by atoms with Gasteiger partial charge in [-0.3, -0.25) is 0 Å². The Labute approximate surface area is 90.7 Å². The largest absolute Gasteiger partial charge is 0.396 e. The first-order chi connectivity index (χ1) is 6.34. The van der Waals surface area contributed by atoms with Crippen molar-refractivity contribution in [3.05, 3.63) is 29.8 Å². The highest BCUT2D eigenvalue weighted by Crippen LogP contribution is 2.06. The van der Waals surface area contributed by atoms with E-state index in [9.17, 15) is 0 Å². The molecule has 0 fully saturated rings. The van der Waals surface area contributed by atoms with Crippen molar-refractivity contribution in [1.29, 1.82) is 0 Å². The number of aryl methyl sites for hydroxylation is 1. The van der Waals surface area contributed by atoms with E-state index >= 15 is 0 Å². The van der Waals surface area contributed by atoms with E-state index in [1.54, 1.807) is 0 Å². The van der Waals surface area contributed by atoms with E-state index in [1.807, 2.05) is 0 Å². The van der Waals surface area contributed by atoms with Gasteiger partial charge in [-0.2, -0.15) is 0 Å². The van der Waals surface area contributed by atoms with Crippen molar-refractivity contribution in [1.82, 2.24) is 0 Å². The SMILES string of the molecule is OCCCCCc1ccccc1P.[B]. The third-order valence-corrected chi connectivity index (χ3v) is 2.72. The minimum atomic E-state index is 0. The van der Waals surface area contributed by atoms with Crippen LogP contribution in [-0.4, -0.2) is 20.1 Å². The van der Waals surface area contributed by atoms with Gasteiger partial charge in [-0.1, -0.05) is 30.7 Å². The second-order valence-corrected chi connectivity index (χ2v) is 3.86. The molecule has 1 atom stereocenters. The van der Waals surface area contributed by atoms with E-state index < -0.39 is 0 Å². The van der Waals surface area contributed by atoms with Crippen LogP contribution < -0.4 is 5.30 Å². The maximum atomic E-state index is 8.61. The molecule has 0 saturated heterocycles. The van der Waals surface area contributed by atoms with E-state index in [0.29, 0.717) is 6.61 Å². The van der Waals surface area contributed by atoms with Crippen LogP contribution in [0.2, 0.25) is 0 Å². The summed E-state index contributed by atoms with van der Waals surface area (Å²) < 4.78 is 0. The lowest BCUT2D eigenvalue weighted by Gasteiger charge is -2.03. The summed E-state index contributed by atoms with van der Waals surface area (Å²) in [7, 11) is 2.76. The van der Waals surface area contributed by atoms with E-state index in [1.165, 1.54) is 17.3 Å². The maximum absolute atomic E-state index is 8.61. The molecule has 1 nitrogen and oxygen atoms in total. The van der Waals surface area contributed by atoms with E-state index in [2.05, 4.69) is 33.5 Å². The maximum Gasteiger partial charge on any atom is 0.0431 e. The molecule has 14 heavy (non-hydrogen) atoms. The van der Waals surface area contributed by atoms with E-state index in [-0.39, 0.29) is 8.41 Å². The average molecular weight is 207 g/mol. The van der Waals surface area contributed by atoms with Crippen LogP contribution in [0.3, 0.4) is 0 Å². The Balaban J connectivity index is 0.00000169. The first-order valence-electron chi connectivity index (χ1n) is 4.79. The predicted molar refractivity (Wildman–Crippen MR) is 66.2 cm³/mol. The number of aliphatic hydroxyl groups is 1. The van der Waals surface area contributed by atoms with Crippen molar-refractivity contribution >= 4 is 23.0 Å². The number of aliphatic hydroxyl groups excluding tert-OH is 1. The predicted octanol–water partition coefficient (Wildman–Crippen LogP) is 1.51. The van der Waals surface area contributed by atoms with Crippen molar-refractivity contribution in [2.45, 2.75) is 25.7 Å². The van der Waals surface area contributed by atoms with Crippen molar-refractivity contribution in [3.8, 4) is 0 Å². The third kappa shape index (κ3) is 4.78. The van der Waals surface area contributed by atoms with Gasteiger partial charge in [0.2, 0.25) is 0 Å². The fourth-order valence-electron chi connectivity index (χ4n) is 1.37. The van der Waals surface area contributed by atoms with Crippen LogP contribution in [0.5, 0.6) is 0 Å². The Hall–Kier alpha value is -0.325. The molecular formula is C11H17BOP. The zero-order valence-corrected chi connectivity index (χ0v) is 9.60. The van der Waals surface area contributed by atoms with Crippen LogP contribution in [0, 0.1) is 0 Å². The van der Waals surface area contributed by atoms with Crippen molar-refractivity contribution in [2.75, 3.05) is 6.61 Å². The highest BCUT2D eigenvalue weighted by Gasteiger charge is 1.96.